The van der Waals surface area contributed by atoms with Crippen LogP contribution >= 0.6 is 0 Å². The zero-order chi connectivity index (χ0) is 24.1. The summed E-state index contributed by atoms with van der Waals surface area (Å²) in [4.78, 5) is 63.6. The lowest BCUT2D eigenvalue weighted by atomic mass is 9.93. The lowest BCUT2D eigenvalue weighted by molar-refractivity contribution is -0.155. The highest BCUT2D eigenvalue weighted by molar-refractivity contribution is 5.72. The van der Waals surface area contributed by atoms with Gasteiger partial charge in [0.15, 0.2) is 12.3 Å². The Morgan fingerprint density at radius 2 is 1.82 bits per heavy atom. The fourth-order valence-corrected chi connectivity index (χ4v) is 4.36. The van der Waals surface area contributed by atoms with E-state index in [9.17, 15) is 24.0 Å². The van der Waals surface area contributed by atoms with Crippen LogP contribution in [0.15, 0.2) is 21.9 Å². The summed E-state index contributed by atoms with van der Waals surface area (Å²) >= 11 is 0. The van der Waals surface area contributed by atoms with Gasteiger partial charge in [0, 0.05) is 26.1 Å². The van der Waals surface area contributed by atoms with E-state index in [-0.39, 0.29) is 18.5 Å². The molecule has 2 aliphatic heterocycles. The molecule has 1 N–H and O–H groups in total. The largest absolute Gasteiger partial charge is 0.466 e. The predicted octanol–water partition coefficient (Wildman–Crippen LogP) is -0.427. The molecule has 33 heavy (non-hydrogen) atoms. The molecule has 0 amide bonds. The standard InChI is InChI=1S/C21H29N3O9/c1-4-30-20(28)14-5-8-23(9-6-14)17-15(11-31-12(2)25)33-19(18(17)32-13(3)26)24-10-7-16(27)22-21(24)29/h7,10,14-15,17-19H,4-6,8-9,11H2,1-3H3,(H,22,27,29)/t15-,17-,18+,19-/m1/s1. The van der Waals surface area contributed by atoms with Gasteiger partial charge >= 0.3 is 23.6 Å². The van der Waals surface area contributed by atoms with E-state index in [0.717, 1.165) is 10.6 Å². The minimum absolute atomic E-state index is 0.121. The van der Waals surface area contributed by atoms with Crippen LogP contribution in [0.2, 0.25) is 0 Å². The van der Waals surface area contributed by atoms with Crippen LogP contribution in [0.25, 0.3) is 0 Å². The molecule has 0 aliphatic carbocycles. The predicted molar refractivity (Wildman–Crippen MR) is 112 cm³/mol. The maximum absolute atomic E-state index is 12.4. The van der Waals surface area contributed by atoms with E-state index in [0.29, 0.717) is 32.5 Å². The van der Waals surface area contributed by atoms with Crippen LogP contribution in [-0.2, 0) is 33.3 Å². The Balaban J connectivity index is 1.89. The van der Waals surface area contributed by atoms with Crippen LogP contribution in [0.5, 0.6) is 0 Å². The number of likely N-dealkylation sites (tertiary alicyclic amines) is 1. The third-order valence-electron chi connectivity index (χ3n) is 5.76. The number of hydrogen-bond acceptors (Lipinski definition) is 10. The van der Waals surface area contributed by atoms with Crippen LogP contribution in [-0.4, -0.2) is 76.9 Å². The number of hydrogen-bond donors (Lipinski definition) is 1. The van der Waals surface area contributed by atoms with Crippen LogP contribution in [0.3, 0.4) is 0 Å². The molecule has 0 spiro atoms. The van der Waals surface area contributed by atoms with E-state index in [1.165, 1.54) is 20.0 Å². The summed E-state index contributed by atoms with van der Waals surface area (Å²) in [5, 5.41) is 0. The molecule has 12 nitrogen and oxygen atoms in total. The highest BCUT2D eigenvalue weighted by Crippen LogP contribution is 2.36. The Morgan fingerprint density at radius 1 is 1.12 bits per heavy atom. The van der Waals surface area contributed by atoms with Gasteiger partial charge < -0.3 is 18.9 Å². The molecule has 1 aromatic rings. The van der Waals surface area contributed by atoms with Gasteiger partial charge in [-0.05, 0) is 32.9 Å². The monoisotopic (exact) mass is 467 g/mol. The van der Waals surface area contributed by atoms with Gasteiger partial charge in [-0.1, -0.05) is 0 Å². The number of piperidine rings is 1. The van der Waals surface area contributed by atoms with Crippen LogP contribution in [0.4, 0.5) is 0 Å². The number of rotatable bonds is 7. The quantitative estimate of drug-likeness (QED) is 0.414. The van der Waals surface area contributed by atoms with Gasteiger partial charge in [0.2, 0.25) is 0 Å². The fraction of sp³-hybridized carbons (Fsp3) is 0.667. The van der Waals surface area contributed by atoms with Crippen LogP contribution in [0.1, 0.15) is 39.8 Å². The average Bonchev–Trinajstić information content (AvgIpc) is 3.09. The zero-order valence-electron chi connectivity index (χ0n) is 18.9. The number of nitrogens with one attached hydrogen (secondary N) is 1. The van der Waals surface area contributed by atoms with E-state index in [4.69, 9.17) is 18.9 Å². The van der Waals surface area contributed by atoms with Gasteiger partial charge in [-0.2, -0.15) is 0 Å². The molecule has 2 saturated heterocycles. The number of aromatic nitrogens is 2. The summed E-state index contributed by atoms with van der Waals surface area (Å²) < 4.78 is 23.1. The Labute approximate surface area is 189 Å². The summed E-state index contributed by atoms with van der Waals surface area (Å²) in [6.07, 6.45) is -0.364. The van der Waals surface area contributed by atoms with Crippen molar-refractivity contribution in [2.24, 2.45) is 5.92 Å². The van der Waals surface area contributed by atoms with E-state index >= 15 is 0 Å². The first kappa shape index (κ1) is 24.6. The maximum Gasteiger partial charge on any atom is 0.330 e. The number of carbonyl (C=O) groups is 3. The molecule has 0 bridgehead atoms. The number of ether oxygens (including phenoxy) is 4. The number of carbonyl (C=O) groups excluding carboxylic acids is 3. The highest BCUT2D eigenvalue weighted by Gasteiger charge is 2.51. The van der Waals surface area contributed by atoms with Crippen molar-refractivity contribution >= 4 is 17.9 Å². The number of nitrogens with zero attached hydrogens (tertiary/aromatic N) is 2. The van der Waals surface area contributed by atoms with Crippen LogP contribution < -0.4 is 11.2 Å². The minimum atomic E-state index is -1.05. The first-order chi connectivity index (χ1) is 15.7. The second-order valence-corrected chi connectivity index (χ2v) is 8.01. The lowest BCUT2D eigenvalue weighted by Gasteiger charge is -2.38. The van der Waals surface area contributed by atoms with E-state index < -0.39 is 47.7 Å². The van der Waals surface area contributed by atoms with Crippen molar-refractivity contribution in [3.8, 4) is 0 Å². The first-order valence-corrected chi connectivity index (χ1v) is 10.9. The number of aromatic amines is 1. The molecule has 2 fully saturated rings. The summed E-state index contributed by atoms with van der Waals surface area (Å²) in [7, 11) is 0. The Bertz CT molecular complexity index is 980. The van der Waals surface area contributed by atoms with Gasteiger partial charge in [-0.3, -0.25) is 33.6 Å². The third kappa shape index (κ3) is 5.88. The summed E-state index contributed by atoms with van der Waals surface area (Å²) in [6, 6.07) is 0.606. The van der Waals surface area contributed by atoms with Gasteiger partial charge in [-0.15, -0.1) is 0 Å². The fourth-order valence-electron chi connectivity index (χ4n) is 4.36. The molecule has 3 rings (SSSR count). The summed E-state index contributed by atoms with van der Waals surface area (Å²) in [6.45, 7) is 5.43. The molecular weight excluding hydrogens is 438 g/mol. The van der Waals surface area contributed by atoms with Crippen molar-refractivity contribution in [1.29, 1.82) is 0 Å². The highest BCUT2D eigenvalue weighted by atomic mass is 16.6. The second kappa shape index (κ2) is 10.8. The van der Waals surface area contributed by atoms with Crippen molar-refractivity contribution in [3.63, 3.8) is 0 Å². The van der Waals surface area contributed by atoms with Gasteiger partial charge in [-0.25, -0.2) is 4.79 Å². The molecule has 12 heteroatoms. The van der Waals surface area contributed by atoms with Gasteiger partial charge in [0.05, 0.1) is 18.6 Å². The van der Waals surface area contributed by atoms with Crippen LogP contribution in [0, 0.1) is 5.92 Å². The SMILES string of the molecule is CCOC(=O)C1CCN([C@H]2[C@H](OC(C)=O)[C@H](n3ccc(=O)[nH]c3=O)O[C@@H]2COC(C)=O)CC1. The van der Waals surface area contributed by atoms with Gasteiger partial charge in [0.25, 0.3) is 5.56 Å². The molecule has 3 heterocycles. The molecule has 2 aliphatic rings. The molecule has 182 valence electrons. The maximum atomic E-state index is 12.4. The Kier molecular flexibility index (Phi) is 8.03. The summed E-state index contributed by atoms with van der Waals surface area (Å²) in [5.41, 5.74) is -1.30. The number of H-pyrrole nitrogens is 1. The minimum Gasteiger partial charge on any atom is -0.466 e. The van der Waals surface area contributed by atoms with Crippen molar-refractivity contribution in [2.75, 3.05) is 26.3 Å². The molecule has 4 atom stereocenters. The number of esters is 3. The molecule has 0 radical (unpaired) electrons. The molecule has 0 aromatic carbocycles. The second-order valence-electron chi connectivity index (χ2n) is 8.01. The van der Waals surface area contributed by atoms with E-state index in [2.05, 4.69) is 4.98 Å². The first-order valence-electron chi connectivity index (χ1n) is 10.9. The van der Waals surface area contributed by atoms with Crippen molar-refractivity contribution in [1.82, 2.24) is 14.5 Å². The zero-order valence-corrected chi connectivity index (χ0v) is 18.9. The van der Waals surface area contributed by atoms with Gasteiger partial charge in [0.1, 0.15) is 12.7 Å². The molecular formula is C21H29N3O9. The van der Waals surface area contributed by atoms with E-state index in [1.807, 2.05) is 4.90 Å². The van der Waals surface area contributed by atoms with Crippen molar-refractivity contribution in [3.05, 3.63) is 33.1 Å². The molecule has 1 aromatic heterocycles. The summed E-state index contributed by atoms with van der Waals surface area (Å²) in [5.74, 6) is -1.57. The van der Waals surface area contributed by atoms with E-state index in [1.54, 1.807) is 6.92 Å². The average molecular weight is 467 g/mol. The Hall–Kier alpha value is -2.99. The third-order valence-corrected chi connectivity index (χ3v) is 5.76. The topological polar surface area (TPSA) is 146 Å². The normalized spacial score (nSPS) is 26.0. The van der Waals surface area contributed by atoms with Crippen molar-refractivity contribution < 1.29 is 33.3 Å². The Morgan fingerprint density at radius 3 is 2.39 bits per heavy atom. The van der Waals surface area contributed by atoms with Crippen molar-refractivity contribution in [2.45, 2.75) is 58.1 Å². The lowest BCUT2D eigenvalue weighted by Crippen LogP contribution is -2.53. The molecule has 0 unspecified atom stereocenters. The smallest absolute Gasteiger partial charge is 0.330 e. The molecule has 0 saturated carbocycles.